The fraction of sp³-hybridized carbons (Fsp3) is 0.500. The van der Waals surface area contributed by atoms with Crippen LogP contribution in [0.15, 0.2) is 41.4 Å². The van der Waals surface area contributed by atoms with Crippen molar-refractivity contribution in [3.8, 4) is 0 Å². The third-order valence-electron chi connectivity index (χ3n) is 4.39. The van der Waals surface area contributed by atoms with Gasteiger partial charge in [0.15, 0.2) is 0 Å². The van der Waals surface area contributed by atoms with Crippen molar-refractivity contribution in [1.82, 2.24) is 15.3 Å². The number of likely N-dealkylation sites (tertiary alicyclic amines) is 1. The molecule has 2 heterocycles. The summed E-state index contributed by atoms with van der Waals surface area (Å²) in [4.78, 5) is 18.5. The van der Waals surface area contributed by atoms with Gasteiger partial charge in [-0.05, 0) is 49.3 Å². The van der Waals surface area contributed by atoms with Crippen molar-refractivity contribution < 1.29 is 4.79 Å². The molecule has 0 atom stereocenters. The second-order valence-electron chi connectivity index (χ2n) is 7.13. The molecule has 1 aromatic rings. The summed E-state index contributed by atoms with van der Waals surface area (Å²) in [5.41, 5.74) is 5.66. The summed E-state index contributed by atoms with van der Waals surface area (Å²) >= 11 is 0. The lowest BCUT2D eigenvalue weighted by Gasteiger charge is -2.34. The van der Waals surface area contributed by atoms with Crippen molar-refractivity contribution in [3.05, 3.63) is 41.9 Å². The molecule has 0 spiro atoms. The quantitative estimate of drug-likeness (QED) is 0.873. The van der Waals surface area contributed by atoms with Crippen LogP contribution in [0.2, 0.25) is 0 Å². The number of carbonyl (C=O) groups excluding carboxylic acids is 1. The zero-order valence-corrected chi connectivity index (χ0v) is 13.9. The first kappa shape index (κ1) is 15.7. The Bertz CT molecular complexity index is 628. The van der Waals surface area contributed by atoms with Crippen LogP contribution in [0.3, 0.4) is 0 Å². The van der Waals surface area contributed by atoms with Gasteiger partial charge in [0.2, 0.25) is 0 Å². The zero-order valence-electron chi connectivity index (χ0n) is 13.9. The van der Waals surface area contributed by atoms with Crippen LogP contribution < -0.4 is 5.43 Å². The molecule has 0 radical (unpaired) electrons. The smallest absolute Gasteiger partial charge is 0.272 e. The lowest BCUT2D eigenvalue weighted by atomic mass is 9.78. The standard InChI is InChI=1S/C18H24N4O/c1-18(2)11-15(10-16(12-18)22-8-3-4-9-22)20-21-17(23)14-6-5-7-19-13-14/h5-7,10,13H,3-4,8-9,11-12H2,1-2H3,(H,21,23)/b20-15+. The second-order valence-corrected chi connectivity index (χ2v) is 7.13. The predicted molar refractivity (Wildman–Crippen MR) is 91.0 cm³/mol. The summed E-state index contributed by atoms with van der Waals surface area (Å²) in [7, 11) is 0. The van der Waals surface area contributed by atoms with Crippen LogP contribution in [0.5, 0.6) is 0 Å². The summed E-state index contributed by atoms with van der Waals surface area (Å²) in [5, 5.41) is 4.36. The molecule has 5 nitrogen and oxygen atoms in total. The Labute approximate surface area is 137 Å². The van der Waals surface area contributed by atoms with Gasteiger partial charge in [0.25, 0.3) is 5.91 Å². The van der Waals surface area contributed by atoms with E-state index in [4.69, 9.17) is 0 Å². The maximum Gasteiger partial charge on any atom is 0.272 e. The molecule has 0 unspecified atom stereocenters. The van der Waals surface area contributed by atoms with Crippen molar-refractivity contribution in [2.75, 3.05) is 13.1 Å². The number of hydrogen-bond acceptors (Lipinski definition) is 4. The molecule has 1 fully saturated rings. The average molecular weight is 312 g/mol. The van der Waals surface area contributed by atoms with Gasteiger partial charge in [-0.15, -0.1) is 0 Å². The summed E-state index contributed by atoms with van der Waals surface area (Å²) in [6.45, 7) is 6.79. The molecule has 1 saturated heterocycles. The van der Waals surface area contributed by atoms with Crippen molar-refractivity contribution in [2.45, 2.75) is 39.5 Å². The number of hydrazone groups is 1. The number of amides is 1. The number of nitrogens with one attached hydrogen (secondary N) is 1. The molecule has 0 saturated carbocycles. The number of hydrogen-bond donors (Lipinski definition) is 1. The normalized spacial score (nSPS) is 22.1. The van der Waals surface area contributed by atoms with E-state index in [9.17, 15) is 4.79 Å². The van der Waals surface area contributed by atoms with Gasteiger partial charge in [0, 0.05) is 31.2 Å². The Morgan fingerprint density at radius 3 is 2.78 bits per heavy atom. The van der Waals surface area contributed by atoms with Gasteiger partial charge in [0.1, 0.15) is 0 Å². The highest BCUT2D eigenvalue weighted by atomic mass is 16.2. The highest BCUT2D eigenvalue weighted by molar-refractivity contribution is 5.99. The molecule has 1 aliphatic heterocycles. The Hall–Kier alpha value is -2.17. The molecule has 1 N–H and O–H groups in total. The minimum atomic E-state index is -0.217. The van der Waals surface area contributed by atoms with E-state index in [1.54, 1.807) is 24.5 Å². The van der Waals surface area contributed by atoms with Gasteiger partial charge in [-0.25, -0.2) is 5.43 Å². The number of pyridine rings is 1. The van der Waals surface area contributed by atoms with E-state index in [0.29, 0.717) is 5.56 Å². The first-order valence-corrected chi connectivity index (χ1v) is 8.26. The van der Waals surface area contributed by atoms with Gasteiger partial charge < -0.3 is 4.90 Å². The molecule has 3 rings (SSSR count). The van der Waals surface area contributed by atoms with Crippen LogP contribution in [0, 0.1) is 5.41 Å². The molecule has 0 aromatic carbocycles. The van der Waals surface area contributed by atoms with E-state index < -0.39 is 0 Å². The van der Waals surface area contributed by atoms with Crippen molar-refractivity contribution in [3.63, 3.8) is 0 Å². The monoisotopic (exact) mass is 312 g/mol. The van der Waals surface area contributed by atoms with E-state index in [2.05, 4.69) is 40.3 Å². The van der Waals surface area contributed by atoms with E-state index in [0.717, 1.165) is 31.6 Å². The summed E-state index contributed by atoms with van der Waals surface area (Å²) < 4.78 is 0. The molecular weight excluding hydrogens is 288 g/mol. The van der Waals surface area contributed by atoms with E-state index >= 15 is 0 Å². The highest BCUT2D eigenvalue weighted by Crippen LogP contribution is 2.36. The van der Waals surface area contributed by atoms with Gasteiger partial charge in [-0.1, -0.05) is 13.8 Å². The maximum absolute atomic E-state index is 12.1. The Balaban J connectivity index is 1.74. The largest absolute Gasteiger partial charge is 0.375 e. The Kier molecular flexibility index (Phi) is 4.46. The summed E-state index contributed by atoms with van der Waals surface area (Å²) in [6, 6.07) is 3.48. The third kappa shape index (κ3) is 3.97. The third-order valence-corrected chi connectivity index (χ3v) is 4.39. The Morgan fingerprint density at radius 1 is 1.30 bits per heavy atom. The molecule has 5 heteroatoms. The lowest BCUT2D eigenvalue weighted by Crippen LogP contribution is -2.31. The van der Waals surface area contributed by atoms with Crippen molar-refractivity contribution >= 4 is 11.6 Å². The van der Waals surface area contributed by atoms with E-state index in [1.165, 1.54) is 18.5 Å². The second kappa shape index (κ2) is 6.52. The van der Waals surface area contributed by atoms with Crippen LogP contribution in [0.25, 0.3) is 0 Å². The minimum Gasteiger partial charge on any atom is -0.375 e. The fourth-order valence-corrected chi connectivity index (χ4v) is 3.30. The Morgan fingerprint density at radius 2 is 2.09 bits per heavy atom. The maximum atomic E-state index is 12.1. The van der Waals surface area contributed by atoms with Gasteiger partial charge >= 0.3 is 0 Å². The molecule has 1 amide bonds. The first-order valence-electron chi connectivity index (χ1n) is 8.26. The van der Waals surface area contributed by atoms with Crippen LogP contribution in [0.4, 0.5) is 0 Å². The molecule has 2 aliphatic rings. The summed E-state index contributed by atoms with van der Waals surface area (Å²) in [5.74, 6) is -0.217. The van der Waals surface area contributed by atoms with Crippen LogP contribution in [0.1, 0.15) is 49.9 Å². The van der Waals surface area contributed by atoms with Gasteiger partial charge in [-0.3, -0.25) is 9.78 Å². The lowest BCUT2D eigenvalue weighted by molar-refractivity contribution is 0.0954. The van der Waals surface area contributed by atoms with E-state index in [1.807, 2.05) is 0 Å². The molecule has 122 valence electrons. The van der Waals surface area contributed by atoms with Crippen LogP contribution in [-0.4, -0.2) is 34.6 Å². The molecule has 0 bridgehead atoms. The van der Waals surface area contributed by atoms with Gasteiger partial charge in [0.05, 0.1) is 11.3 Å². The number of allylic oxidation sites excluding steroid dienone is 2. The molecule has 1 aliphatic carbocycles. The summed E-state index contributed by atoms with van der Waals surface area (Å²) in [6.07, 6.45) is 9.83. The molecule has 23 heavy (non-hydrogen) atoms. The minimum absolute atomic E-state index is 0.171. The number of aromatic nitrogens is 1. The van der Waals surface area contributed by atoms with E-state index in [-0.39, 0.29) is 11.3 Å². The SMILES string of the molecule is CC1(C)CC(N2CCCC2)=C/C(=N\NC(=O)c2cccnc2)C1. The average Bonchev–Trinajstić information content (AvgIpc) is 3.06. The fourth-order valence-electron chi connectivity index (χ4n) is 3.30. The van der Waals surface area contributed by atoms with Gasteiger partial charge in [-0.2, -0.15) is 5.10 Å². The molecule has 1 aromatic heterocycles. The van der Waals surface area contributed by atoms with Crippen LogP contribution >= 0.6 is 0 Å². The van der Waals surface area contributed by atoms with Crippen LogP contribution in [-0.2, 0) is 0 Å². The topological polar surface area (TPSA) is 57.6 Å². The number of rotatable bonds is 3. The van der Waals surface area contributed by atoms with Crippen molar-refractivity contribution in [2.24, 2.45) is 10.5 Å². The number of carbonyl (C=O) groups is 1. The number of nitrogens with zero attached hydrogens (tertiary/aromatic N) is 3. The zero-order chi connectivity index (χ0) is 16.3. The first-order chi connectivity index (χ1) is 11.0. The molecular formula is C18H24N4O. The highest BCUT2D eigenvalue weighted by Gasteiger charge is 2.29. The van der Waals surface area contributed by atoms with Crippen molar-refractivity contribution in [1.29, 1.82) is 0 Å². The predicted octanol–water partition coefficient (Wildman–Crippen LogP) is 2.97.